The van der Waals surface area contributed by atoms with Crippen LogP contribution in [0.4, 0.5) is 0 Å². The number of carbonyl (C=O) groups excluding carboxylic acids is 2. The van der Waals surface area contributed by atoms with Crippen molar-refractivity contribution in [1.82, 2.24) is 9.80 Å². The Morgan fingerprint density at radius 3 is 2.31 bits per heavy atom. The molecule has 32 heavy (non-hydrogen) atoms. The van der Waals surface area contributed by atoms with E-state index in [4.69, 9.17) is 9.47 Å². The Kier molecular flexibility index (Phi) is 9.62. The maximum Gasteiger partial charge on any atom is 0.303 e. The summed E-state index contributed by atoms with van der Waals surface area (Å²) in [6, 6.07) is 17.3. The van der Waals surface area contributed by atoms with Crippen molar-refractivity contribution in [3.05, 3.63) is 71.1 Å². The molecule has 1 aliphatic rings. The Morgan fingerprint density at radius 2 is 1.75 bits per heavy atom. The second-order valence-corrected chi connectivity index (χ2v) is 8.54. The number of hydrogen-bond acceptors (Lipinski definition) is 6. The molecule has 2 aromatic rings. The molecule has 6 nitrogen and oxygen atoms in total. The molecule has 0 spiro atoms. The van der Waals surface area contributed by atoms with Crippen molar-refractivity contribution in [2.45, 2.75) is 18.3 Å². The van der Waals surface area contributed by atoms with Crippen molar-refractivity contribution in [3.8, 4) is 5.75 Å². The van der Waals surface area contributed by atoms with Gasteiger partial charge in [0.1, 0.15) is 5.75 Å². The smallest absolute Gasteiger partial charge is 0.303 e. The van der Waals surface area contributed by atoms with E-state index < -0.39 is 12.1 Å². The molecule has 0 aliphatic carbocycles. The van der Waals surface area contributed by atoms with Crippen LogP contribution in [0.25, 0.3) is 5.70 Å². The van der Waals surface area contributed by atoms with E-state index in [1.54, 1.807) is 12.0 Å². The van der Waals surface area contributed by atoms with Crippen LogP contribution < -0.4 is 4.74 Å². The number of rotatable bonds is 7. The van der Waals surface area contributed by atoms with Crippen LogP contribution in [0.2, 0.25) is 0 Å². The van der Waals surface area contributed by atoms with Gasteiger partial charge in [-0.1, -0.05) is 42.5 Å². The zero-order valence-corrected chi connectivity index (χ0v) is 20.3. The average molecular weight is 477 g/mol. The van der Waals surface area contributed by atoms with Gasteiger partial charge in [-0.2, -0.15) is 0 Å². The number of carbonyl (C=O) groups is 2. The molecule has 0 saturated carbocycles. The lowest BCUT2D eigenvalue weighted by atomic mass is 10.0. The van der Waals surface area contributed by atoms with Gasteiger partial charge in [0.2, 0.25) is 0 Å². The zero-order valence-electron chi connectivity index (χ0n) is 18.7. The number of halogens is 1. The Bertz CT molecular complexity index is 935. The molecular formula is C24H29ClN2O4S. The molecule has 8 heteroatoms. The Hall–Kier alpha value is -2.48. The van der Waals surface area contributed by atoms with Crippen LogP contribution in [0.3, 0.4) is 0 Å². The molecule has 0 bridgehead atoms. The van der Waals surface area contributed by atoms with E-state index in [9.17, 15) is 9.59 Å². The highest BCUT2D eigenvalue weighted by Gasteiger charge is 2.39. The van der Waals surface area contributed by atoms with Crippen molar-refractivity contribution < 1.29 is 19.1 Å². The van der Waals surface area contributed by atoms with Crippen LogP contribution in [0.1, 0.15) is 23.3 Å². The van der Waals surface area contributed by atoms with Crippen molar-refractivity contribution in [3.63, 3.8) is 0 Å². The van der Waals surface area contributed by atoms with E-state index in [-0.39, 0.29) is 23.6 Å². The van der Waals surface area contributed by atoms with Gasteiger partial charge in [0.25, 0.3) is 5.91 Å². The van der Waals surface area contributed by atoms with E-state index in [1.807, 2.05) is 79.0 Å². The second kappa shape index (κ2) is 11.9. The molecule has 1 amide bonds. The highest BCUT2D eigenvalue weighted by molar-refractivity contribution is 8.02. The predicted molar refractivity (Wildman–Crippen MR) is 131 cm³/mol. The quantitative estimate of drug-likeness (QED) is 0.557. The predicted octanol–water partition coefficient (Wildman–Crippen LogP) is 4.23. The maximum atomic E-state index is 13.7. The highest BCUT2D eigenvalue weighted by atomic mass is 35.5. The topological polar surface area (TPSA) is 59.1 Å². The number of methoxy groups -OCH3 is 1. The minimum atomic E-state index is -0.935. The summed E-state index contributed by atoms with van der Waals surface area (Å²) in [6.07, 6.45) is -0.935. The summed E-state index contributed by atoms with van der Waals surface area (Å²) in [5, 5.41) is 1.63. The average Bonchev–Trinajstić information content (AvgIpc) is 2.89. The van der Waals surface area contributed by atoms with Gasteiger partial charge in [-0.15, -0.1) is 24.2 Å². The summed E-state index contributed by atoms with van der Waals surface area (Å²) in [6.45, 7) is 2.50. The molecular weight excluding hydrogens is 448 g/mol. The Labute approximate surface area is 200 Å². The number of likely N-dealkylation sites (N-methyl/N-ethyl adjacent to an activating group) is 1. The summed E-state index contributed by atoms with van der Waals surface area (Å²) >= 11 is 1.49. The van der Waals surface area contributed by atoms with E-state index in [0.717, 1.165) is 22.6 Å². The normalized spacial score (nSPS) is 18.5. The fourth-order valence-corrected chi connectivity index (χ4v) is 4.54. The Morgan fingerprint density at radius 1 is 1.09 bits per heavy atom. The lowest BCUT2D eigenvalue weighted by Crippen LogP contribution is -2.43. The number of esters is 1. The van der Waals surface area contributed by atoms with E-state index in [1.165, 1.54) is 18.7 Å². The molecule has 0 radical (unpaired) electrons. The first-order chi connectivity index (χ1) is 14.9. The number of ether oxygens (including phenoxy) is 2. The van der Waals surface area contributed by atoms with Gasteiger partial charge in [-0.05, 0) is 42.8 Å². The number of thioether (sulfide) groups is 1. The van der Waals surface area contributed by atoms with E-state index >= 15 is 0 Å². The van der Waals surface area contributed by atoms with Crippen LogP contribution in [0.5, 0.6) is 5.75 Å². The van der Waals surface area contributed by atoms with E-state index in [2.05, 4.69) is 0 Å². The summed E-state index contributed by atoms with van der Waals surface area (Å²) < 4.78 is 10.9. The monoisotopic (exact) mass is 476 g/mol. The minimum Gasteiger partial charge on any atom is -0.497 e. The zero-order chi connectivity index (χ0) is 22.4. The van der Waals surface area contributed by atoms with Crippen molar-refractivity contribution in [2.24, 2.45) is 0 Å². The van der Waals surface area contributed by atoms with Gasteiger partial charge >= 0.3 is 5.97 Å². The van der Waals surface area contributed by atoms with Gasteiger partial charge in [0.05, 0.1) is 18.1 Å². The number of nitrogens with zero attached hydrogens (tertiary/aromatic N) is 2. The largest absolute Gasteiger partial charge is 0.497 e. The minimum absolute atomic E-state index is 0. The first kappa shape index (κ1) is 25.8. The summed E-state index contributed by atoms with van der Waals surface area (Å²) in [5.74, 6) is 0.0250. The summed E-state index contributed by atoms with van der Waals surface area (Å²) in [5.41, 5.74) is 2.65. The molecule has 1 aliphatic heterocycles. The molecule has 0 fully saturated rings. The number of amides is 1. The number of hydrogen-bond donors (Lipinski definition) is 0. The van der Waals surface area contributed by atoms with Crippen molar-refractivity contribution >= 4 is 41.7 Å². The SMILES string of the molecule is COc1ccc([C@H]2SC=C(c3ccccc3)N(CCN(C)C)C(=O)[C@@H]2OC(C)=O)cc1.Cl. The fourth-order valence-electron chi connectivity index (χ4n) is 3.38. The molecule has 172 valence electrons. The highest BCUT2D eigenvalue weighted by Crippen LogP contribution is 2.42. The third kappa shape index (κ3) is 6.28. The second-order valence-electron chi connectivity index (χ2n) is 7.52. The van der Waals surface area contributed by atoms with Crippen molar-refractivity contribution in [2.75, 3.05) is 34.3 Å². The van der Waals surface area contributed by atoms with Gasteiger partial charge in [0.15, 0.2) is 6.10 Å². The molecule has 0 N–H and O–H groups in total. The van der Waals surface area contributed by atoms with E-state index in [0.29, 0.717) is 13.1 Å². The van der Waals surface area contributed by atoms with Crippen LogP contribution >= 0.6 is 24.2 Å². The van der Waals surface area contributed by atoms with Crippen LogP contribution in [-0.2, 0) is 14.3 Å². The standard InChI is InChI=1S/C24H28N2O4S.ClH/c1-17(27)30-22-23(19-10-12-20(29-4)13-11-19)31-16-21(18-8-6-5-7-9-18)26(24(22)28)15-14-25(2)3;/h5-13,16,22-23H,14-15H2,1-4H3;1H/t22-,23-;/m1./s1. The third-order valence-corrected chi connectivity index (χ3v) is 6.15. The van der Waals surface area contributed by atoms with Crippen LogP contribution in [-0.4, -0.2) is 62.1 Å². The fraction of sp³-hybridized carbons (Fsp3) is 0.333. The first-order valence-electron chi connectivity index (χ1n) is 10.1. The van der Waals surface area contributed by atoms with Gasteiger partial charge in [0, 0.05) is 20.0 Å². The maximum absolute atomic E-state index is 13.7. The number of benzene rings is 2. The van der Waals surface area contributed by atoms with Gasteiger partial charge < -0.3 is 19.3 Å². The lowest BCUT2D eigenvalue weighted by molar-refractivity contribution is -0.157. The van der Waals surface area contributed by atoms with Crippen LogP contribution in [0.15, 0.2) is 60.0 Å². The third-order valence-electron chi connectivity index (χ3n) is 4.98. The van der Waals surface area contributed by atoms with Crippen LogP contribution in [0, 0.1) is 0 Å². The molecule has 3 rings (SSSR count). The molecule has 0 saturated heterocycles. The molecule has 0 unspecified atom stereocenters. The molecule has 2 atom stereocenters. The van der Waals surface area contributed by atoms with Crippen molar-refractivity contribution in [1.29, 1.82) is 0 Å². The first-order valence-corrected chi connectivity index (χ1v) is 11.0. The van der Waals surface area contributed by atoms with Gasteiger partial charge in [-0.25, -0.2) is 0 Å². The molecule has 1 heterocycles. The van der Waals surface area contributed by atoms with Gasteiger partial charge in [-0.3, -0.25) is 9.59 Å². The lowest BCUT2D eigenvalue weighted by Gasteiger charge is -2.30. The Balaban J connectivity index is 0.00000363. The summed E-state index contributed by atoms with van der Waals surface area (Å²) in [4.78, 5) is 29.4. The molecule has 0 aromatic heterocycles. The summed E-state index contributed by atoms with van der Waals surface area (Å²) in [7, 11) is 5.54. The molecule has 2 aromatic carbocycles.